The number of carbonyl (C=O) groups excluding carboxylic acids is 1. The molecule has 1 N–H and O–H groups in total. The lowest BCUT2D eigenvalue weighted by atomic mass is 10.1. The zero-order valence-electron chi connectivity index (χ0n) is 17.0. The summed E-state index contributed by atoms with van der Waals surface area (Å²) in [5, 5.41) is 4.06. The van der Waals surface area contributed by atoms with Crippen molar-refractivity contribution in [3.05, 3.63) is 70.6 Å². The number of hydrogen-bond acceptors (Lipinski definition) is 4. The fourth-order valence-corrected chi connectivity index (χ4v) is 3.10. The summed E-state index contributed by atoms with van der Waals surface area (Å²) >= 11 is 0. The Morgan fingerprint density at radius 1 is 1.07 bits per heavy atom. The summed E-state index contributed by atoms with van der Waals surface area (Å²) in [5.74, 6) is 0.483. The predicted molar refractivity (Wildman–Crippen MR) is 114 cm³/mol. The van der Waals surface area contributed by atoms with Gasteiger partial charge in [-0.15, -0.1) is 0 Å². The van der Waals surface area contributed by atoms with Crippen molar-refractivity contribution in [3.63, 3.8) is 0 Å². The van der Waals surface area contributed by atoms with Crippen LogP contribution in [-0.4, -0.2) is 36.8 Å². The van der Waals surface area contributed by atoms with Gasteiger partial charge in [-0.1, -0.05) is 18.2 Å². The zero-order chi connectivity index (χ0) is 20.8. The lowest BCUT2D eigenvalue weighted by Gasteiger charge is -2.13. The number of nitrogens with zero attached hydrogens (tertiary/aromatic N) is 1. The van der Waals surface area contributed by atoms with Gasteiger partial charge in [0.25, 0.3) is 11.5 Å². The molecule has 1 heterocycles. The van der Waals surface area contributed by atoms with Crippen LogP contribution in [0.2, 0.25) is 0 Å². The molecule has 0 radical (unpaired) electrons. The molecule has 2 aromatic carbocycles. The van der Waals surface area contributed by atoms with Crippen LogP contribution in [0.1, 0.15) is 30.6 Å². The topological polar surface area (TPSA) is 69.6 Å². The minimum Gasteiger partial charge on any atom is -0.497 e. The molecule has 3 aromatic rings. The van der Waals surface area contributed by atoms with Gasteiger partial charge >= 0.3 is 0 Å². The van der Waals surface area contributed by atoms with Gasteiger partial charge in [0.15, 0.2) is 0 Å². The van der Waals surface area contributed by atoms with E-state index in [0.29, 0.717) is 40.9 Å². The van der Waals surface area contributed by atoms with Gasteiger partial charge < -0.3 is 14.8 Å². The average molecular weight is 394 g/mol. The minimum atomic E-state index is -0.215. The van der Waals surface area contributed by atoms with E-state index in [2.05, 4.69) is 5.32 Å². The van der Waals surface area contributed by atoms with Gasteiger partial charge in [-0.2, -0.15) is 0 Å². The maximum atomic E-state index is 13.0. The van der Waals surface area contributed by atoms with Crippen molar-refractivity contribution in [2.75, 3.05) is 20.3 Å². The first-order chi connectivity index (χ1) is 14.0. The number of nitrogens with one attached hydrogen (secondary N) is 1. The maximum absolute atomic E-state index is 13.0. The molecule has 0 spiro atoms. The molecule has 0 aliphatic carbocycles. The molecule has 6 nitrogen and oxygen atoms in total. The van der Waals surface area contributed by atoms with E-state index in [0.717, 1.165) is 6.42 Å². The molecule has 0 fully saturated rings. The number of amides is 1. The highest BCUT2D eigenvalue weighted by Gasteiger charge is 2.15. The Labute approximate surface area is 170 Å². The van der Waals surface area contributed by atoms with Crippen LogP contribution in [0, 0.1) is 0 Å². The normalized spacial score (nSPS) is 11.0. The van der Waals surface area contributed by atoms with Crippen LogP contribution in [0.3, 0.4) is 0 Å². The Bertz CT molecular complexity index is 1040. The van der Waals surface area contributed by atoms with Gasteiger partial charge in [-0.25, -0.2) is 0 Å². The summed E-state index contributed by atoms with van der Waals surface area (Å²) in [7, 11) is 1.59. The molecule has 0 saturated heterocycles. The Balaban J connectivity index is 1.92. The van der Waals surface area contributed by atoms with Crippen molar-refractivity contribution in [2.45, 2.75) is 26.4 Å². The van der Waals surface area contributed by atoms with Crippen LogP contribution in [0.4, 0.5) is 0 Å². The first-order valence-electron chi connectivity index (χ1n) is 9.70. The molecule has 6 heteroatoms. The van der Waals surface area contributed by atoms with E-state index in [1.807, 2.05) is 19.9 Å². The number of pyridine rings is 1. The van der Waals surface area contributed by atoms with Crippen molar-refractivity contribution in [3.8, 4) is 11.4 Å². The van der Waals surface area contributed by atoms with E-state index >= 15 is 0 Å². The summed E-state index contributed by atoms with van der Waals surface area (Å²) in [6, 6.07) is 14.3. The molecule has 3 rings (SSSR count). The highest BCUT2D eigenvalue weighted by molar-refractivity contribution is 6.06. The van der Waals surface area contributed by atoms with E-state index in [1.54, 1.807) is 55.8 Å². The standard InChI is InChI=1S/C23H26N2O4/c1-16(2)29-14-6-13-24-22(26)21-15-25(17-9-11-18(28-3)12-10-17)23(27)20-8-5-4-7-19(20)21/h4-5,7-12,15-16H,6,13-14H2,1-3H3,(H,24,26). The number of methoxy groups -OCH3 is 1. The van der Waals surface area contributed by atoms with Gasteiger partial charge in [0.05, 0.1) is 18.8 Å². The van der Waals surface area contributed by atoms with Crippen molar-refractivity contribution < 1.29 is 14.3 Å². The third kappa shape index (κ3) is 4.84. The van der Waals surface area contributed by atoms with Crippen LogP contribution in [0.25, 0.3) is 16.5 Å². The maximum Gasteiger partial charge on any atom is 0.262 e. The van der Waals surface area contributed by atoms with Crippen LogP contribution in [0.5, 0.6) is 5.75 Å². The average Bonchev–Trinajstić information content (AvgIpc) is 2.74. The minimum absolute atomic E-state index is 0.169. The number of rotatable bonds is 8. The number of carbonyl (C=O) groups is 1. The second-order valence-electron chi connectivity index (χ2n) is 6.99. The SMILES string of the molecule is COc1ccc(-n2cc(C(=O)NCCCOC(C)C)c3ccccc3c2=O)cc1. The molecule has 29 heavy (non-hydrogen) atoms. The molecule has 1 aromatic heterocycles. The lowest BCUT2D eigenvalue weighted by molar-refractivity contribution is 0.0757. The van der Waals surface area contributed by atoms with Crippen LogP contribution < -0.4 is 15.6 Å². The second-order valence-corrected chi connectivity index (χ2v) is 6.99. The van der Waals surface area contributed by atoms with Gasteiger partial charge in [0.1, 0.15) is 5.75 Å². The van der Waals surface area contributed by atoms with Crippen molar-refractivity contribution in [2.24, 2.45) is 0 Å². The van der Waals surface area contributed by atoms with E-state index in [4.69, 9.17) is 9.47 Å². The quantitative estimate of drug-likeness (QED) is 0.593. The van der Waals surface area contributed by atoms with Crippen molar-refractivity contribution in [1.82, 2.24) is 9.88 Å². The lowest BCUT2D eigenvalue weighted by Crippen LogP contribution is -2.28. The molecule has 0 atom stereocenters. The van der Waals surface area contributed by atoms with Gasteiger partial charge in [0.2, 0.25) is 0 Å². The van der Waals surface area contributed by atoms with Gasteiger partial charge in [-0.05, 0) is 50.6 Å². The molecular weight excluding hydrogens is 368 g/mol. The Morgan fingerprint density at radius 3 is 2.41 bits per heavy atom. The fourth-order valence-electron chi connectivity index (χ4n) is 3.10. The summed E-state index contributed by atoms with van der Waals surface area (Å²) in [4.78, 5) is 25.9. The predicted octanol–water partition coefficient (Wildman–Crippen LogP) is 3.54. The second kappa shape index (κ2) is 9.39. The largest absolute Gasteiger partial charge is 0.497 e. The molecular formula is C23H26N2O4. The highest BCUT2D eigenvalue weighted by atomic mass is 16.5. The third-order valence-electron chi connectivity index (χ3n) is 4.58. The molecule has 0 bridgehead atoms. The molecule has 0 aliphatic heterocycles. The van der Waals surface area contributed by atoms with Crippen molar-refractivity contribution >= 4 is 16.7 Å². The molecule has 0 saturated carbocycles. The molecule has 1 amide bonds. The Kier molecular flexibility index (Phi) is 6.67. The number of ether oxygens (including phenoxy) is 2. The summed E-state index contributed by atoms with van der Waals surface area (Å²) < 4.78 is 12.2. The third-order valence-corrected chi connectivity index (χ3v) is 4.58. The first-order valence-corrected chi connectivity index (χ1v) is 9.70. The zero-order valence-corrected chi connectivity index (χ0v) is 17.0. The summed E-state index contributed by atoms with van der Waals surface area (Å²) in [6.45, 7) is 5.05. The van der Waals surface area contributed by atoms with E-state index in [1.165, 1.54) is 4.57 Å². The van der Waals surface area contributed by atoms with Crippen LogP contribution in [-0.2, 0) is 4.74 Å². The van der Waals surface area contributed by atoms with E-state index in [-0.39, 0.29) is 17.6 Å². The van der Waals surface area contributed by atoms with Crippen LogP contribution >= 0.6 is 0 Å². The van der Waals surface area contributed by atoms with E-state index < -0.39 is 0 Å². The first kappa shape index (κ1) is 20.6. The summed E-state index contributed by atoms with van der Waals surface area (Å²) in [6.07, 6.45) is 2.49. The Hall–Kier alpha value is -3.12. The highest BCUT2D eigenvalue weighted by Crippen LogP contribution is 2.19. The monoisotopic (exact) mass is 394 g/mol. The van der Waals surface area contributed by atoms with E-state index in [9.17, 15) is 9.59 Å². The van der Waals surface area contributed by atoms with Crippen LogP contribution in [0.15, 0.2) is 59.5 Å². The number of hydrogen-bond donors (Lipinski definition) is 1. The molecule has 0 unspecified atom stereocenters. The fraction of sp³-hybridized carbons (Fsp3) is 0.304. The molecule has 0 aliphatic rings. The Morgan fingerprint density at radius 2 is 1.76 bits per heavy atom. The summed E-state index contributed by atoms with van der Waals surface area (Å²) in [5.41, 5.74) is 0.953. The smallest absolute Gasteiger partial charge is 0.262 e. The molecule has 152 valence electrons. The number of aromatic nitrogens is 1. The van der Waals surface area contributed by atoms with Gasteiger partial charge in [-0.3, -0.25) is 14.2 Å². The number of benzene rings is 2. The van der Waals surface area contributed by atoms with Crippen molar-refractivity contribution in [1.29, 1.82) is 0 Å². The van der Waals surface area contributed by atoms with Gasteiger partial charge in [0, 0.05) is 35.8 Å². The number of fused-ring (bicyclic) bond motifs is 1.